The number of nitrogens with zero attached hydrogens (tertiary/aromatic N) is 2. The quantitative estimate of drug-likeness (QED) is 0.774. The van der Waals surface area contributed by atoms with Gasteiger partial charge in [0.25, 0.3) is 0 Å². The highest BCUT2D eigenvalue weighted by Crippen LogP contribution is 2.20. The SMILES string of the molecule is Cc1ccc(S(=O)(=O)CCn2nc(-c3ccccc3)cc2N)cc1. The van der Waals surface area contributed by atoms with Crippen LogP contribution in [0.1, 0.15) is 5.56 Å². The van der Waals surface area contributed by atoms with E-state index in [1.54, 1.807) is 30.3 Å². The molecule has 0 amide bonds. The molecule has 0 spiro atoms. The van der Waals surface area contributed by atoms with Gasteiger partial charge in [-0.25, -0.2) is 13.1 Å². The molecule has 24 heavy (non-hydrogen) atoms. The molecule has 3 aromatic rings. The van der Waals surface area contributed by atoms with Gasteiger partial charge in [-0.1, -0.05) is 48.0 Å². The standard InChI is InChI=1S/C18H19N3O2S/c1-14-7-9-16(10-8-14)24(22,23)12-11-21-18(19)13-17(20-21)15-5-3-2-4-6-15/h2-10,13H,11-12,19H2,1H3. The number of sulfone groups is 1. The number of anilines is 1. The van der Waals surface area contributed by atoms with Crippen LogP contribution in [0, 0.1) is 6.92 Å². The lowest BCUT2D eigenvalue weighted by Crippen LogP contribution is -2.15. The molecule has 0 aliphatic carbocycles. The zero-order chi connectivity index (χ0) is 17.2. The number of hydrogen-bond acceptors (Lipinski definition) is 4. The molecule has 0 bridgehead atoms. The molecule has 2 N–H and O–H groups in total. The molecule has 5 nitrogen and oxygen atoms in total. The second-order valence-corrected chi connectivity index (χ2v) is 7.78. The number of rotatable bonds is 5. The summed E-state index contributed by atoms with van der Waals surface area (Å²) in [4.78, 5) is 0.321. The zero-order valence-electron chi connectivity index (χ0n) is 13.4. The number of nitrogens with two attached hydrogens (primary N) is 1. The molecule has 2 aromatic carbocycles. The third-order valence-corrected chi connectivity index (χ3v) is 5.54. The summed E-state index contributed by atoms with van der Waals surface area (Å²) in [6.07, 6.45) is 0. The molecule has 1 aromatic heterocycles. The van der Waals surface area contributed by atoms with Crippen LogP contribution in [0.4, 0.5) is 5.82 Å². The average molecular weight is 341 g/mol. The molecule has 0 radical (unpaired) electrons. The first-order chi connectivity index (χ1) is 11.5. The van der Waals surface area contributed by atoms with Crippen LogP contribution in [0.2, 0.25) is 0 Å². The maximum Gasteiger partial charge on any atom is 0.180 e. The first kappa shape index (κ1) is 16.3. The van der Waals surface area contributed by atoms with Gasteiger partial charge in [0.2, 0.25) is 0 Å². The molecule has 0 unspecified atom stereocenters. The molecule has 6 heteroatoms. The van der Waals surface area contributed by atoms with E-state index in [-0.39, 0.29) is 12.3 Å². The fourth-order valence-electron chi connectivity index (χ4n) is 2.43. The minimum Gasteiger partial charge on any atom is -0.384 e. The van der Waals surface area contributed by atoms with Gasteiger partial charge in [-0.05, 0) is 19.1 Å². The van der Waals surface area contributed by atoms with E-state index in [0.717, 1.165) is 16.8 Å². The van der Waals surface area contributed by atoms with Crippen molar-refractivity contribution in [1.82, 2.24) is 9.78 Å². The third kappa shape index (κ3) is 3.49. The Balaban J connectivity index is 1.77. The monoisotopic (exact) mass is 341 g/mol. The Kier molecular flexibility index (Phi) is 4.40. The van der Waals surface area contributed by atoms with Crippen LogP contribution in [0.25, 0.3) is 11.3 Å². The molecular formula is C18H19N3O2S. The number of hydrogen-bond donors (Lipinski definition) is 1. The van der Waals surface area contributed by atoms with Crippen molar-refractivity contribution in [2.75, 3.05) is 11.5 Å². The highest BCUT2D eigenvalue weighted by atomic mass is 32.2. The van der Waals surface area contributed by atoms with Crippen LogP contribution < -0.4 is 5.73 Å². The fourth-order valence-corrected chi connectivity index (χ4v) is 3.63. The minimum absolute atomic E-state index is 0.0455. The van der Waals surface area contributed by atoms with Gasteiger partial charge in [0.1, 0.15) is 5.82 Å². The van der Waals surface area contributed by atoms with Gasteiger partial charge < -0.3 is 5.73 Å². The number of aryl methyl sites for hydroxylation is 2. The van der Waals surface area contributed by atoms with Crippen molar-refractivity contribution in [3.8, 4) is 11.3 Å². The smallest absolute Gasteiger partial charge is 0.180 e. The Labute approximate surface area is 141 Å². The van der Waals surface area contributed by atoms with Gasteiger partial charge in [0.15, 0.2) is 9.84 Å². The molecule has 0 saturated carbocycles. The summed E-state index contributed by atoms with van der Waals surface area (Å²) in [6.45, 7) is 2.14. The molecule has 3 rings (SSSR count). The lowest BCUT2D eigenvalue weighted by molar-refractivity contribution is 0.582. The third-order valence-electron chi connectivity index (χ3n) is 3.83. The van der Waals surface area contributed by atoms with E-state index >= 15 is 0 Å². The minimum atomic E-state index is -3.36. The number of aromatic nitrogens is 2. The Morgan fingerprint density at radius 1 is 1.04 bits per heavy atom. The number of benzene rings is 2. The topological polar surface area (TPSA) is 78.0 Å². The molecule has 1 heterocycles. The van der Waals surface area contributed by atoms with Crippen LogP contribution in [0.3, 0.4) is 0 Å². The van der Waals surface area contributed by atoms with Gasteiger partial charge in [-0.3, -0.25) is 0 Å². The second-order valence-electron chi connectivity index (χ2n) is 5.68. The Hall–Kier alpha value is -2.60. The summed E-state index contributed by atoms with van der Waals surface area (Å²) in [7, 11) is -3.36. The molecular weight excluding hydrogens is 322 g/mol. The van der Waals surface area contributed by atoms with Gasteiger partial charge in [-0.2, -0.15) is 5.10 Å². The van der Waals surface area contributed by atoms with E-state index in [1.807, 2.05) is 37.3 Å². The van der Waals surface area contributed by atoms with Gasteiger partial charge in [0, 0.05) is 11.6 Å². The van der Waals surface area contributed by atoms with E-state index < -0.39 is 9.84 Å². The van der Waals surface area contributed by atoms with Crippen molar-refractivity contribution in [3.05, 3.63) is 66.2 Å². The molecule has 0 aliphatic rings. The Morgan fingerprint density at radius 2 is 1.71 bits per heavy atom. The van der Waals surface area contributed by atoms with E-state index in [9.17, 15) is 8.42 Å². The normalized spacial score (nSPS) is 11.5. The van der Waals surface area contributed by atoms with Crippen LogP contribution in [0.5, 0.6) is 0 Å². The van der Waals surface area contributed by atoms with Crippen molar-refractivity contribution in [3.63, 3.8) is 0 Å². The van der Waals surface area contributed by atoms with Crippen molar-refractivity contribution in [2.24, 2.45) is 0 Å². The summed E-state index contributed by atoms with van der Waals surface area (Å²) in [5, 5.41) is 4.42. The van der Waals surface area contributed by atoms with E-state index in [0.29, 0.717) is 10.7 Å². The van der Waals surface area contributed by atoms with Gasteiger partial charge >= 0.3 is 0 Å². The maximum atomic E-state index is 12.4. The summed E-state index contributed by atoms with van der Waals surface area (Å²) < 4.78 is 26.4. The van der Waals surface area contributed by atoms with Crippen LogP contribution in [0.15, 0.2) is 65.6 Å². The molecule has 0 saturated heterocycles. The molecule has 124 valence electrons. The Morgan fingerprint density at radius 3 is 2.38 bits per heavy atom. The van der Waals surface area contributed by atoms with E-state index in [1.165, 1.54) is 4.68 Å². The summed E-state index contributed by atoms with van der Waals surface area (Å²) >= 11 is 0. The maximum absolute atomic E-state index is 12.4. The molecule has 0 atom stereocenters. The van der Waals surface area contributed by atoms with Crippen molar-refractivity contribution < 1.29 is 8.42 Å². The molecule has 0 aliphatic heterocycles. The second kappa shape index (κ2) is 6.49. The van der Waals surface area contributed by atoms with Crippen LogP contribution in [-0.4, -0.2) is 24.0 Å². The highest BCUT2D eigenvalue weighted by molar-refractivity contribution is 7.91. The summed E-state index contributed by atoms with van der Waals surface area (Å²) in [5.74, 6) is 0.406. The number of nitrogen functional groups attached to an aromatic ring is 1. The van der Waals surface area contributed by atoms with Gasteiger partial charge in [0.05, 0.1) is 22.9 Å². The van der Waals surface area contributed by atoms with E-state index in [4.69, 9.17) is 5.73 Å². The average Bonchev–Trinajstić information content (AvgIpc) is 2.95. The lowest BCUT2D eigenvalue weighted by Gasteiger charge is -2.06. The molecule has 0 fully saturated rings. The van der Waals surface area contributed by atoms with Crippen LogP contribution in [-0.2, 0) is 16.4 Å². The summed E-state index contributed by atoms with van der Waals surface area (Å²) in [5.41, 5.74) is 8.68. The first-order valence-electron chi connectivity index (χ1n) is 7.64. The predicted molar refractivity (Wildman–Crippen MR) is 95.3 cm³/mol. The fraction of sp³-hybridized carbons (Fsp3) is 0.167. The van der Waals surface area contributed by atoms with Gasteiger partial charge in [-0.15, -0.1) is 0 Å². The zero-order valence-corrected chi connectivity index (χ0v) is 14.2. The Bertz CT molecular complexity index is 930. The largest absolute Gasteiger partial charge is 0.384 e. The summed E-state index contributed by atoms with van der Waals surface area (Å²) in [6, 6.07) is 18.3. The first-order valence-corrected chi connectivity index (χ1v) is 9.29. The van der Waals surface area contributed by atoms with Crippen molar-refractivity contribution in [2.45, 2.75) is 18.4 Å². The van der Waals surface area contributed by atoms with E-state index in [2.05, 4.69) is 5.10 Å². The highest BCUT2D eigenvalue weighted by Gasteiger charge is 2.16. The van der Waals surface area contributed by atoms with Crippen molar-refractivity contribution >= 4 is 15.7 Å². The van der Waals surface area contributed by atoms with Crippen molar-refractivity contribution in [1.29, 1.82) is 0 Å². The van der Waals surface area contributed by atoms with Crippen LogP contribution >= 0.6 is 0 Å². The lowest BCUT2D eigenvalue weighted by atomic mass is 10.2. The predicted octanol–water partition coefficient (Wildman–Crippen LogP) is 2.91.